The molecule has 0 aromatic heterocycles. The zero-order valence-electron chi connectivity index (χ0n) is 10.3. The van der Waals surface area contributed by atoms with Crippen LogP contribution in [0.25, 0.3) is 0 Å². The van der Waals surface area contributed by atoms with Gasteiger partial charge in [-0.15, -0.1) is 0 Å². The summed E-state index contributed by atoms with van der Waals surface area (Å²) in [7, 11) is 0. The molecule has 0 fully saturated rings. The molecule has 0 bridgehead atoms. The Bertz CT molecular complexity index is 385. The summed E-state index contributed by atoms with van der Waals surface area (Å²) >= 11 is 0. The Morgan fingerprint density at radius 1 is 0.889 bits per heavy atom. The summed E-state index contributed by atoms with van der Waals surface area (Å²) in [4.78, 5) is 22.4. The molecule has 6 heteroatoms. The minimum absolute atomic E-state index is 0.331. The van der Waals surface area contributed by atoms with Crippen molar-refractivity contribution in [3.63, 3.8) is 0 Å². The van der Waals surface area contributed by atoms with Gasteiger partial charge in [0.15, 0.2) is 0 Å². The Kier molecular flexibility index (Phi) is 4.82. The van der Waals surface area contributed by atoms with Crippen LogP contribution in [0.5, 0.6) is 11.5 Å². The third-order valence-corrected chi connectivity index (χ3v) is 2.00. The van der Waals surface area contributed by atoms with Crippen LogP contribution >= 0.6 is 0 Å². The van der Waals surface area contributed by atoms with Gasteiger partial charge < -0.3 is 20.9 Å². The molecule has 1 aromatic carbocycles. The highest BCUT2D eigenvalue weighted by atomic mass is 16.5. The molecule has 2 atom stereocenters. The van der Waals surface area contributed by atoms with E-state index in [9.17, 15) is 9.59 Å². The van der Waals surface area contributed by atoms with E-state index in [1.54, 1.807) is 0 Å². The smallest absolute Gasteiger partial charge is 0.328 e. The molecular weight excluding hydrogens is 236 g/mol. The van der Waals surface area contributed by atoms with Gasteiger partial charge in [-0.1, -0.05) is 0 Å². The summed E-state index contributed by atoms with van der Waals surface area (Å²) in [5, 5.41) is 0. The summed E-state index contributed by atoms with van der Waals surface area (Å²) in [6, 6.07) is 4.63. The lowest BCUT2D eigenvalue weighted by molar-refractivity contribution is -0.136. The molecule has 0 amide bonds. The van der Waals surface area contributed by atoms with Gasteiger partial charge in [0, 0.05) is 0 Å². The Hall–Kier alpha value is -1.92. The van der Waals surface area contributed by atoms with Crippen LogP contribution in [-0.4, -0.2) is 24.0 Å². The highest BCUT2D eigenvalue weighted by Crippen LogP contribution is 2.18. The third-order valence-electron chi connectivity index (χ3n) is 2.00. The van der Waals surface area contributed by atoms with Gasteiger partial charge in [0.25, 0.3) is 0 Å². The zero-order chi connectivity index (χ0) is 13.7. The normalized spacial score (nSPS) is 13.6. The lowest BCUT2D eigenvalue weighted by Crippen LogP contribution is -2.31. The summed E-state index contributed by atoms with van der Waals surface area (Å²) in [6.45, 7) is 3.06. The number of rotatable bonds is 4. The fourth-order valence-corrected chi connectivity index (χ4v) is 0.994. The van der Waals surface area contributed by atoms with Crippen LogP contribution < -0.4 is 20.9 Å². The van der Waals surface area contributed by atoms with Crippen LogP contribution in [0.2, 0.25) is 0 Å². The van der Waals surface area contributed by atoms with Gasteiger partial charge in [-0.05, 0) is 38.1 Å². The Morgan fingerprint density at radius 3 is 1.39 bits per heavy atom. The SMILES string of the molecule is C[C@H](N)C(=O)Oc1ccc(OC(=O)[C@H](C)N)cc1. The molecule has 0 saturated carbocycles. The summed E-state index contributed by atoms with van der Waals surface area (Å²) in [5.41, 5.74) is 10.7. The monoisotopic (exact) mass is 252 g/mol. The van der Waals surface area contributed by atoms with Crippen LogP contribution in [0.1, 0.15) is 13.8 Å². The minimum Gasteiger partial charge on any atom is -0.425 e. The summed E-state index contributed by atoms with van der Waals surface area (Å²) in [5.74, 6) is -0.401. The zero-order valence-corrected chi connectivity index (χ0v) is 10.3. The van der Waals surface area contributed by atoms with Crippen LogP contribution in [-0.2, 0) is 9.59 Å². The maximum absolute atomic E-state index is 11.2. The van der Waals surface area contributed by atoms with E-state index in [1.807, 2.05) is 0 Å². The average molecular weight is 252 g/mol. The van der Waals surface area contributed by atoms with Crippen LogP contribution in [0, 0.1) is 0 Å². The molecule has 18 heavy (non-hydrogen) atoms. The number of ether oxygens (including phenoxy) is 2. The summed E-state index contributed by atoms with van der Waals surface area (Å²) in [6.07, 6.45) is 0. The van der Waals surface area contributed by atoms with E-state index >= 15 is 0 Å². The van der Waals surface area contributed by atoms with Crippen molar-refractivity contribution in [1.29, 1.82) is 0 Å². The van der Waals surface area contributed by atoms with Crippen molar-refractivity contribution < 1.29 is 19.1 Å². The van der Waals surface area contributed by atoms with E-state index in [-0.39, 0.29) is 0 Å². The van der Waals surface area contributed by atoms with E-state index in [0.29, 0.717) is 11.5 Å². The third kappa shape index (κ3) is 4.15. The molecule has 0 aliphatic heterocycles. The molecule has 0 aliphatic rings. The lowest BCUT2D eigenvalue weighted by atomic mass is 10.3. The number of carbonyl (C=O) groups is 2. The lowest BCUT2D eigenvalue weighted by Gasteiger charge is -2.09. The molecule has 0 saturated heterocycles. The molecule has 1 aromatic rings. The number of hydrogen-bond acceptors (Lipinski definition) is 6. The van der Waals surface area contributed by atoms with Gasteiger partial charge in [0.2, 0.25) is 0 Å². The Labute approximate surface area is 105 Å². The highest BCUT2D eigenvalue weighted by molar-refractivity contribution is 5.78. The highest BCUT2D eigenvalue weighted by Gasteiger charge is 2.12. The molecule has 1 rings (SSSR count). The standard InChI is InChI=1S/C12H16N2O4/c1-7(13)11(15)17-9-3-5-10(6-4-9)18-12(16)8(2)14/h3-8H,13-14H2,1-2H3/t7-,8-/m0/s1. The average Bonchev–Trinajstić information content (AvgIpc) is 2.31. The maximum Gasteiger partial charge on any atom is 0.328 e. The topological polar surface area (TPSA) is 105 Å². The second-order valence-electron chi connectivity index (χ2n) is 3.89. The number of carbonyl (C=O) groups excluding carboxylic acids is 2. The predicted octanol–water partition coefficient (Wildman–Crippen LogP) is 0.192. The first-order valence-corrected chi connectivity index (χ1v) is 5.44. The van der Waals surface area contributed by atoms with Gasteiger partial charge in [0.1, 0.15) is 23.6 Å². The van der Waals surface area contributed by atoms with Crippen molar-refractivity contribution in [2.75, 3.05) is 0 Å². The molecule has 0 heterocycles. The van der Waals surface area contributed by atoms with Gasteiger partial charge in [-0.3, -0.25) is 0 Å². The van der Waals surface area contributed by atoms with E-state index in [4.69, 9.17) is 20.9 Å². The van der Waals surface area contributed by atoms with Crippen LogP contribution in [0.3, 0.4) is 0 Å². The number of esters is 2. The Morgan fingerprint density at radius 2 is 1.17 bits per heavy atom. The van der Waals surface area contributed by atoms with Crippen LogP contribution in [0.15, 0.2) is 24.3 Å². The molecule has 0 spiro atoms. The number of benzene rings is 1. The largest absolute Gasteiger partial charge is 0.425 e. The van der Waals surface area contributed by atoms with Crippen molar-refractivity contribution in [3.8, 4) is 11.5 Å². The van der Waals surface area contributed by atoms with Crippen molar-refractivity contribution in [2.24, 2.45) is 11.5 Å². The van der Waals surface area contributed by atoms with Crippen molar-refractivity contribution in [2.45, 2.75) is 25.9 Å². The second-order valence-corrected chi connectivity index (χ2v) is 3.89. The van der Waals surface area contributed by atoms with E-state index in [0.717, 1.165) is 0 Å². The van der Waals surface area contributed by atoms with E-state index in [1.165, 1.54) is 38.1 Å². The first-order chi connectivity index (χ1) is 8.40. The Balaban J connectivity index is 2.63. The number of hydrogen-bond donors (Lipinski definition) is 2. The molecule has 6 nitrogen and oxygen atoms in total. The fraction of sp³-hybridized carbons (Fsp3) is 0.333. The van der Waals surface area contributed by atoms with Crippen molar-refractivity contribution in [3.05, 3.63) is 24.3 Å². The minimum atomic E-state index is -0.694. The molecular formula is C12H16N2O4. The molecule has 0 unspecified atom stereocenters. The molecule has 0 radical (unpaired) electrons. The molecule has 98 valence electrons. The van der Waals surface area contributed by atoms with Crippen molar-refractivity contribution in [1.82, 2.24) is 0 Å². The predicted molar refractivity (Wildman–Crippen MR) is 65.0 cm³/mol. The van der Waals surface area contributed by atoms with E-state index in [2.05, 4.69) is 0 Å². The summed E-state index contributed by atoms with van der Waals surface area (Å²) < 4.78 is 9.91. The first kappa shape index (κ1) is 14.1. The maximum atomic E-state index is 11.2. The van der Waals surface area contributed by atoms with Gasteiger partial charge >= 0.3 is 11.9 Å². The first-order valence-electron chi connectivity index (χ1n) is 5.44. The second kappa shape index (κ2) is 6.13. The van der Waals surface area contributed by atoms with Crippen LogP contribution in [0.4, 0.5) is 0 Å². The van der Waals surface area contributed by atoms with Crippen molar-refractivity contribution >= 4 is 11.9 Å². The molecule has 4 N–H and O–H groups in total. The molecule has 0 aliphatic carbocycles. The number of nitrogens with two attached hydrogens (primary N) is 2. The van der Waals surface area contributed by atoms with Gasteiger partial charge in [0.05, 0.1) is 0 Å². The van der Waals surface area contributed by atoms with Gasteiger partial charge in [-0.2, -0.15) is 0 Å². The fourth-order valence-electron chi connectivity index (χ4n) is 0.994. The van der Waals surface area contributed by atoms with Gasteiger partial charge in [-0.25, -0.2) is 9.59 Å². The van der Waals surface area contributed by atoms with E-state index < -0.39 is 24.0 Å². The quantitative estimate of drug-likeness (QED) is 0.585.